The third kappa shape index (κ3) is 5.87. The van der Waals surface area contributed by atoms with Gasteiger partial charge in [0.05, 0.1) is 11.2 Å². The number of hydrogen-bond donors (Lipinski definition) is 2. The van der Waals surface area contributed by atoms with Gasteiger partial charge in [-0.05, 0) is 73.9 Å². The molecule has 0 spiro atoms. The lowest BCUT2D eigenvalue weighted by Crippen LogP contribution is -2.49. The molecule has 5 rings (SSSR count). The van der Waals surface area contributed by atoms with Crippen molar-refractivity contribution in [3.05, 3.63) is 82.9 Å². The van der Waals surface area contributed by atoms with Gasteiger partial charge in [0.1, 0.15) is 11.6 Å². The van der Waals surface area contributed by atoms with Crippen molar-refractivity contribution in [2.75, 3.05) is 17.3 Å². The second-order valence-electron chi connectivity index (χ2n) is 11.7. The molecule has 6 nitrogen and oxygen atoms in total. The summed E-state index contributed by atoms with van der Waals surface area (Å²) in [5, 5.41) is 6.55. The normalized spacial score (nSPS) is 14.6. The summed E-state index contributed by atoms with van der Waals surface area (Å²) in [7, 11) is 2.02. The minimum absolute atomic E-state index is 0.119. The van der Waals surface area contributed by atoms with Crippen LogP contribution in [-0.2, 0) is 6.54 Å². The van der Waals surface area contributed by atoms with Crippen LogP contribution in [0.4, 0.5) is 20.7 Å². The summed E-state index contributed by atoms with van der Waals surface area (Å²) < 4.78 is 14.8. The molecule has 0 saturated heterocycles. The summed E-state index contributed by atoms with van der Waals surface area (Å²) in [5.41, 5.74) is 6.99. The van der Waals surface area contributed by atoms with E-state index in [1.165, 1.54) is 17.2 Å². The highest BCUT2D eigenvalue weighted by Crippen LogP contribution is 2.40. The number of fused-ring (bicyclic) bond motifs is 1. The Bertz CT molecular complexity index is 1540. The number of hydrogen-bond acceptors (Lipinski definition) is 4. The van der Waals surface area contributed by atoms with Gasteiger partial charge in [-0.2, -0.15) is 0 Å². The molecular weight excluding hydrogens is 489 g/mol. The van der Waals surface area contributed by atoms with Crippen LogP contribution in [0.15, 0.2) is 54.7 Å². The summed E-state index contributed by atoms with van der Waals surface area (Å²) >= 11 is 0. The van der Waals surface area contributed by atoms with Crippen LogP contribution in [0.5, 0.6) is 0 Å². The highest BCUT2D eigenvalue weighted by Gasteiger charge is 2.36. The molecule has 39 heavy (non-hydrogen) atoms. The minimum atomic E-state index is -0.463. The Kier molecular flexibility index (Phi) is 7.02. The predicted octanol–water partition coefficient (Wildman–Crippen LogP) is 7.31. The van der Waals surface area contributed by atoms with Crippen molar-refractivity contribution in [1.29, 1.82) is 0 Å². The maximum absolute atomic E-state index is 14.8. The number of urea groups is 1. The maximum atomic E-state index is 14.8. The summed E-state index contributed by atoms with van der Waals surface area (Å²) in [5.74, 6) is 0.377. The number of nitrogens with one attached hydrogen (secondary N) is 2. The van der Waals surface area contributed by atoms with Crippen molar-refractivity contribution in [2.24, 2.45) is 5.41 Å². The Morgan fingerprint density at radius 3 is 2.46 bits per heavy atom. The van der Waals surface area contributed by atoms with E-state index >= 15 is 0 Å². The van der Waals surface area contributed by atoms with Gasteiger partial charge in [0.25, 0.3) is 0 Å². The Morgan fingerprint density at radius 1 is 1.05 bits per heavy atom. The third-order valence-corrected chi connectivity index (χ3v) is 7.59. The first-order valence-corrected chi connectivity index (χ1v) is 13.4. The van der Waals surface area contributed by atoms with Gasteiger partial charge in [-0.3, -0.25) is 4.98 Å². The van der Waals surface area contributed by atoms with E-state index in [9.17, 15) is 9.18 Å². The Morgan fingerprint density at radius 2 is 1.77 bits per heavy atom. The molecule has 1 saturated carbocycles. The largest absolute Gasteiger partial charge is 0.355 e. The van der Waals surface area contributed by atoms with Crippen LogP contribution in [-0.4, -0.2) is 29.1 Å². The molecule has 0 aliphatic heterocycles. The third-order valence-electron chi connectivity index (χ3n) is 7.59. The number of aromatic nitrogens is 2. The molecule has 202 valence electrons. The molecular formula is C32H36FN5O. The number of nitrogens with zero attached hydrogens (tertiary/aromatic N) is 3. The lowest BCUT2D eigenvalue weighted by Gasteiger charge is -2.42. The van der Waals surface area contributed by atoms with Gasteiger partial charge in [-0.1, -0.05) is 43.7 Å². The zero-order chi connectivity index (χ0) is 27.9. The Labute approximate surface area is 229 Å². The number of carbonyl (C=O) groups is 1. The molecule has 2 heterocycles. The van der Waals surface area contributed by atoms with Crippen LogP contribution < -0.4 is 15.5 Å². The fourth-order valence-corrected chi connectivity index (χ4v) is 5.46. The van der Waals surface area contributed by atoms with E-state index < -0.39 is 5.82 Å². The van der Waals surface area contributed by atoms with Gasteiger partial charge in [0.15, 0.2) is 0 Å². The van der Waals surface area contributed by atoms with E-state index in [-0.39, 0.29) is 23.2 Å². The molecule has 0 atom stereocenters. The zero-order valence-electron chi connectivity index (χ0n) is 23.5. The van der Waals surface area contributed by atoms with Crippen LogP contribution in [0.2, 0.25) is 0 Å². The molecule has 1 aliphatic carbocycles. The van der Waals surface area contributed by atoms with E-state index in [4.69, 9.17) is 9.97 Å². The van der Waals surface area contributed by atoms with E-state index in [1.807, 2.05) is 39.2 Å². The predicted molar refractivity (Wildman–Crippen MR) is 157 cm³/mol. The summed E-state index contributed by atoms with van der Waals surface area (Å²) in [6, 6.07) is 15.4. The molecule has 0 unspecified atom stereocenters. The first-order valence-electron chi connectivity index (χ1n) is 13.4. The fourth-order valence-electron chi connectivity index (χ4n) is 5.46. The van der Waals surface area contributed by atoms with Crippen LogP contribution in [0.3, 0.4) is 0 Å². The minimum Gasteiger partial charge on any atom is -0.355 e. The van der Waals surface area contributed by atoms with Crippen molar-refractivity contribution < 1.29 is 9.18 Å². The quantitative estimate of drug-likeness (QED) is 0.277. The van der Waals surface area contributed by atoms with Crippen LogP contribution in [0.1, 0.15) is 49.1 Å². The first kappa shape index (κ1) is 26.6. The molecule has 4 aromatic rings. The number of aryl methyl sites for hydroxylation is 3. The van der Waals surface area contributed by atoms with Crippen molar-refractivity contribution in [3.8, 4) is 11.1 Å². The number of pyridine rings is 2. The van der Waals surface area contributed by atoms with Gasteiger partial charge in [0.2, 0.25) is 0 Å². The van der Waals surface area contributed by atoms with Gasteiger partial charge >= 0.3 is 6.03 Å². The van der Waals surface area contributed by atoms with Gasteiger partial charge < -0.3 is 15.5 Å². The van der Waals surface area contributed by atoms with Gasteiger partial charge in [-0.25, -0.2) is 14.2 Å². The number of anilines is 2. The number of halogens is 1. The second kappa shape index (κ2) is 10.3. The highest BCUT2D eigenvalue weighted by atomic mass is 19.1. The van der Waals surface area contributed by atoms with Crippen molar-refractivity contribution in [1.82, 2.24) is 15.3 Å². The SMILES string of the molecule is Cc1ccc(CN(C)c2cc3nc(C)c(-c4cc(NC(=O)NC5CC(C)(C)C5)c(F)cc4C)cc3cn2)cc1. The fraction of sp³-hybridized carbons (Fsp3) is 0.344. The van der Waals surface area contributed by atoms with Crippen molar-refractivity contribution >= 4 is 28.4 Å². The molecule has 0 bridgehead atoms. The molecule has 0 radical (unpaired) electrons. The summed E-state index contributed by atoms with van der Waals surface area (Å²) in [4.78, 5) is 24.2. The molecule has 1 fully saturated rings. The highest BCUT2D eigenvalue weighted by molar-refractivity contribution is 5.92. The van der Waals surface area contributed by atoms with E-state index in [0.717, 1.165) is 58.5 Å². The average molecular weight is 526 g/mol. The summed E-state index contributed by atoms with van der Waals surface area (Å²) in [6.45, 7) is 11.0. The average Bonchev–Trinajstić information content (AvgIpc) is 2.85. The monoisotopic (exact) mass is 525 g/mol. The second-order valence-corrected chi connectivity index (χ2v) is 11.7. The van der Waals surface area contributed by atoms with Crippen molar-refractivity contribution in [3.63, 3.8) is 0 Å². The number of benzene rings is 2. The molecule has 2 aromatic heterocycles. The molecule has 2 N–H and O–H groups in total. The summed E-state index contributed by atoms with van der Waals surface area (Å²) in [6.07, 6.45) is 3.67. The van der Waals surface area contributed by atoms with Gasteiger partial charge in [-0.15, -0.1) is 0 Å². The van der Waals surface area contributed by atoms with Gasteiger partial charge in [0, 0.05) is 48.5 Å². The molecule has 2 amide bonds. The zero-order valence-corrected chi connectivity index (χ0v) is 23.5. The van der Waals surface area contributed by atoms with E-state index in [0.29, 0.717) is 0 Å². The molecule has 7 heteroatoms. The standard InChI is InChI=1S/C32H36FN5O/c1-19-7-9-22(10-8-19)18-38(6)30-14-28-23(17-34-30)12-26(21(3)35-28)25-13-29(27(33)11-20(25)2)37-31(39)36-24-15-32(4,5)16-24/h7-14,17,24H,15-16,18H2,1-6H3,(H2,36,37,39). The van der Waals surface area contributed by atoms with E-state index in [2.05, 4.69) is 60.6 Å². The first-order chi connectivity index (χ1) is 18.5. The van der Waals surface area contributed by atoms with E-state index in [1.54, 1.807) is 6.07 Å². The number of amides is 2. The molecule has 1 aliphatic rings. The van der Waals surface area contributed by atoms with Crippen LogP contribution in [0, 0.1) is 32.0 Å². The van der Waals surface area contributed by atoms with Crippen LogP contribution >= 0.6 is 0 Å². The van der Waals surface area contributed by atoms with Crippen LogP contribution in [0.25, 0.3) is 22.0 Å². The Hall–Kier alpha value is -4.00. The lowest BCUT2D eigenvalue weighted by atomic mass is 9.68. The van der Waals surface area contributed by atoms with Crippen molar-refractivity contribution in [2.45, 2.75) is 60.0 Å². The number of carbonyl (C=O) groups excluding carboxylic acids is 1. The lowest BCUT2D eigenvalue weighted by molar-refractivity contribution is 0.132. The smallest absolute Gasteiger partial charge is 0.319 e. The number of rotatable bonds is 6. The maximum Gasteiger partial charge on any atom is 0.319 e. The Balaban J connectivity index is 1.38. The topological polar surface area (TPSA) is 70.2 Å². The molecule has 2 aromatic carbocycles.